The van der Waals surface area contributed by atoms with Crippen molar-refractivity contribution in [3.05, 3.63) is 39.4 Å². The molecule has 0 aromatic heterocycles. The smallest absolute Gasteiger partial charge is 0.273 e. The van der Waals surface area contributed by atoms with Gasteiger partial charge in [0.05, 0.1) is 11.5 Å². The molecule has 1 aromatic carbocycles. The van der Waals surface area contributed by atoms with Crippen LogP contribution in [-0.4, -0.2) is 76.7 Å². The van der Waals surface area contributed by atoms with E-state index in [4.69, 9.17) is 0 Å². The van der Waals surface area contributed by atoms with E-state index in [0.29, 0.717) is 49.9 Å². The molecule has 0 spiro atoms. The summed E-state index contributed by atoms with van der Waals surface area (Å²) in [7, 11) is 0. The van der Waals surface area contributed by atoms with Gasteiger partial charge < -0.3 is 9.80 Å². The first-order valence-electron chi connectivity index (χ1n) is 9.93. The zero-order valence-electron chi connectivity index (χ0n) is 16.6. The van der Waals surface area contributed by atoms with Crippen LogP contribution in [0, 0.1) is 17.0 Å². The average Bonchev–Trinajstić information content (AvgIpc) is 2.68. The maximum atomic E-state index is 12.8. The highest BCUT2D eigenvalue weighted by molar-refractivity contribution is 5.96. The molecule has 8 heteroatoms. The van der Waals surface area contributed by atoms with E-state index in [0.717, 1.165) is 19.4 Å². The Morgan fingerprint density at radius 1 is 1.14 bits per heavy atom. The lowest BCUT2D eigenvalue weighted by molar-refractivity contribution is -0.385. The summed E-state index contributed by atoms with van der Waals surface area (Å²) in [5.74, 6) is -0.0154. The van der Waals surface area contributed by atoms with Crippen LogP contribution < -0.4 is 0 Å². The Kier molecular flexibility index (Phi) is 6.28. The Balaban J connectivity index is 1.57. The molecule has 2 aliphatic heterocycles. The molecule has 1 atom stereocenters. The minimum absolute atomic E-state index is 0.0364. The lowest BCUT2D eigenvalue weighted by Gasteiger charge is -2.38. The number of nitro groups is 1. The van der Waals surface area contributed by atoms with Crippen molar-refractivity contribution in [2.75, 3.05) is 39.3 Å². The second-order valence-electron chi connectivity index (χ2n) is 7.71. The van der Waals surface area contributed by atoms with Crippen LogP contribution in [0.1, 0.15) is 42.1 Å². The van der Waals surface area contributed by atoms with Gasteiger partial charge >= 0.3 is 0 Å². The van der Waals surface area contributed by atoms with Gasteiger partial charge in [-0.15, -0.1) is 0 Å². The zero-order chi connectivity index (χ0) is 20.3. The Labute approximate surface area is 165 Å². The van der Waals surface area contributed by atoms with Crippen molar-refractivity contribution >= 4 is 17.5 Å². The van der Waals surface area contributed by atoms with Crippen LogP contribution in [0.5, 0.6) is 0 Å². The Bertz CT molecular complexity index is 759. The third kappa shape index (κ3) is 4.32. The quantitative estimate of drug-likeness (QED) is 0.582. The van der Waals surface area contributed by atoms with Gasteiger partial charge in [-0.1, -0.05) is 6.07 Å². The van der Waals surface area contributed by atoms with E-state index in [1.165, 1.54) is 12.5 Å². The number of piperidine rings is 1. The summed E-state index contributed by atoms with van der Waals surface area (Å²) in [6, 6.07) is 4.91. The highest BCUT2D eigenvalue weighted by atomic mass is 16.6. The number of benzene rings is 1. The number of rotatable bonds is 4. The molecule has 0 N–H and O–H groups in total. The molecule has 0 aliphatic carbocycles. The van der Waals surface area contributed by atoms with Gasteiger partial charge in [-0.3, -0.25) is 24.6 Å². The minimum atomic E-state index is -0.461. The fourth-order valence-electron chi connectivity index (χ4n) is 4.08. The van der Waals surface area contributed by atoms with Crippen LogP contribution in [0.2, 0.25) is 0 Å². The third-order valence-corrected chi connectivity index (χ3v) is 5.87. The summed E-state index contributed by atoms with van der Waals surface area (Å²) < 4.78 is 0. The Morgan fingerprint density at radius 2 is 1.86 bits per heavy atom. The molecule has 0 bridgehead atoms. The monoisotopic (exact) mass is 388 g/mol. The number of carbonyl (C=O) groups is 2. The molecule has 3 rings (SSSR count). The van der Waals surface area contributed by atoms with Crippen molar-refractivity contribution in [2.45, 2.75) is 39.2 Å². The molecule has 2 amide bonds. The van der Waals surface area contributed by atoms with Crippen molar-refractivity contribution in [1.82, 2.24) is 14.7 Å². The van der Waals surface area contributed by atoms with Gasteiger partial charge in [0.25, 0.3) is 11.6 Å². The summed E-state index contributed by atoms with van der Waals surface area (Å²) >= 11 is 0. The highest BCUT2D eigenvalue weighted by Crippen LogP contribution is 2.23. The fourth-order valence-corrected chi connectivity index (χ4v) is 4.08. The molecule has 152 valence electrons. The van der Waals surface area contributed by atoms with Crippen molar-refractivity contribution < 1.29 is 14.5 Å². The molecular weight excluding hydrogens is 360 g/mol. The molecule has 1 aromatic rings. The van der Waals surface area contributed by atoms with Crippen LogP contribution in [0.3, 0.4) is 0 Å². The average molecular weight is 388 g/mol. The second-order valence-corrected chi connectivity index (χ2v) is 7.71. The summed E-state index contributed by atoms with van der Waals surface area (Å²) in [4.78, 5) is 41.9. The molecule has 8 nitrogen and oxygen atoms in total. The number of likely N-dealkylation sites (tertiary alicyclic amines) is 1. The number of carbonyl (C=O) groups excluding carboxylic acids is 2. The maximum Gasteiger partial charge on any atom is 0.273 e. The van der Waals surface area contributed by atoms with Crippen molar-refractivity contribution in [3.63, 3.8) is 0 Å². The van der Waals surface area contributed by atoms with Gasteiger partial charge in [-0.05, 0) is 39.2 Å². The van der Waals surface area contributed by atoms with E-state index < -0.39 is 4.92 Å². The first-order chi connectivity index (χ1) is 13.4. The number of nitrogens with zero attached hydrogens (tertiary/aromatic N) is 4. The van der Waals surface area contributed by atoms with Crippen molar-refractivity contribution in [2.24, 2.45) is 0 Å². The molecular formula is C20H28N4O4. The SMILES string of the molecule is Cc1c(C(=O)N2CCN(CC(=O)N3CCCCC3C)CC2)cccc1[N+](=O)[O-]. The second kappa shape index (κ2) is 8.68. The Hall–Kier alpha value is -2.48. The van der Waals surface area contributed by atoms with Crippen LogP contribution in [0.15, 0.2) is 18.2 Å². The van der Waals surface area contributed by atoms with Gasteiger partial charge in [-0.2, -0.15) is 0 Å². The van der Waals surface area contributed by atoms with Gasteiger partial charge in [0.1, 0.15) is 0 Å². The lowest BCUT2D eigenvalue weighted by Crippen LogP contribution is -2.53. The first-order valence-corrected chi connectivity index (χ1v) is 9.93. The third-order valence-electron chi connectivity index (χ3n) is 5.87. The summed E-state index contributed by atoms with van der Waals surface area (Å²) in [6.07, 6.45) is 3.32. The van der Waals surface area contributed by atoms with E-state index >= 15 is 0 Å². The van der Waals surface area contributed by atoms with Crippen LogP contribution >= 0.6 is 0 Å². The first kappa shape index (κ1) is 20.3. The number of amides is 2. The molecule has 2 fully saturated rings. The predicted molar refractivity (Wildman–Crippen MR) is 105 cm³/mol. The molecule has 2 heterocycles. The molecule has 0 radical (unpaired) electrons. The molecule has 28 heavy (non-hydrogen) atoms. The zero-order valence-corrected chi connectivity index (χ0v) is 16.6. The molecule has 1 unspecified atom stereocenters. The Morgan fingerprint density at radius 3 is 2.50 bits per heavy atom. The molecule has 2 aliphatic rings. The van der Waals surface area contributed by atoms with Crippen molar-refractivity contribution in [1.29, 1.82) is 0 Å². The van der Waals surface area contributed by atoms with Gasteiger partial charge in [0.2, 0.25) is 5.91 Å². The van der Waals surface area contributed by atoms with Crippen LogP contribution in [0.4, 0.5) is 5.69 Å². The van der Waals surface area contributed by atoms with Gasteiger partial charge in [0.15, 0.2) is 0 Å². The molecule has 2 saturated heterocycles. The van der Waals surface area contributed by atoms with E-state index in [1.54, 1.807) is 24.0 Å². The van der Waals surface area contributed by atoms with Gasteiger partial charge in [0, 0.05) is 56.0 Å². The largest absolute Gasteiger partial charge is 0.339 e. The summed E-state index contributed by atoms with van der Waals surface area (Å²) in [5, 5.41) is 11.1. The maximum absolute atomic E-state index is 12.8. The number of piperazine rings is 1. The van der Waals surface area contributed by atoms with E-state index in [-0.39, 0.29) is 17.5 Å². The number of hydrogen-bond donors (Lipinski definition) is 0. The number of nitro benzene ring substituents is 1. The van der Waals surface area contributed by atoms with E-state index in [9.17, 15) is 19.7 Å². The summed E-state index contributed by atoms with van der Waals surface area (Å²) in [5.41, 5.74) is 0.737. The predicted octanol–water partition coefficient (Wildman–Crippen LogP) is 2.06. The number of hydrogen-bond acceptors (Lipinski definition) is 5. The minimum Gasteiger partial charge on any atom is -0.339 e. The lowest BCUT2D eigenvalue weighted by atomic mass is 10.0. The highest BCUT2D eigenvalue weighted by Gasteiger charge is 2.28. The van der Waals surface area contributed by atoms with E-state index in [2.05, 4.69) is 11.8 Å². The van der Waals surface area contributed by atoms with Gasteiger partial charge in [-0.25, -0.2) is 0 Å². The normalized spacial score (nSPS) is 20.9. The standard InChI is InChI=1S/C20H28N4O4/c1-15-6-3-4-9-23(15)19(25)14-21-10-12-22(13-11-21)20(26)17-7-5-8-18(16(17)2)24(27)28/h5,7-8,15H,3-4,6,9-14H2,1-2H3. The topological polar surface area (TPSA) is 87.0 Å². The summed E-state index contributed by atoms with van der Waals surface area (Å²) in [6.45, 7) is 7.25. The fraction of sp³-hybridized carbons (Fsp3) is 0.600. The van der Waals surface area contributed by atoms with E-state index in [1.807, 2.05) is 4.90 Å². The van der Waals surface area contributed by atoms with Crippen molar-refractivity contribution in [3.8, 4) is 0 Å². The van der Waals surface area contributed by atoms with Crippen LogP contribution in [-0.2, 0) is 4.79 Å². The van der Waals surface area contributed by atoms with Crippen LogP contribution in [0.25, 0.3) is 0 Å². The molecule has 0 saturated carbocycles.